The van der Waals surface area contributed by atoms with Gasteiger partial charge in [-0.25, -0.2) is 0 Å². The number of rotatable bonds is 8. The average Bonchev–Trinajstić information content (AvgIpc) is 3.39. The molecule has 0 bridgehead atoms. The third kappa shape index (κ3) is 4.33. The van der Waals surface area contributed by atoms with E-state index < -0.39 is 0 Å². The molecule has 2 aromatic heterocycles. The van der Waals surface area contributed by atoms with Gasteiger partial charge in [0.25, 0.3) is 5.91 Å². The predicted molar refractivity (Wildman–Crippen MR) is 115 cm³/mol. The van der Waals surface area contributed by atoms with Crippen LogP contribution >= 0.6 is 0 Å². The highest BCUT2D eigenvalue weighted by Gasteiger charge is 2.15. The third-order valence-electron chi connectivity index (χ3n) is 5.00. The predicted octanol–water partition coefficient (Wildman–Crippen LogP) is 4.63. The molecule has 0 saturated carbocycles. The number of fused-ring (bicyclic) bond motifs is 1. The maximum Gasteiger partial charge on any atom is 0.254 e. The van der Waals surface area contributed by atoms with Gasteiger partial charge in [-0.1, -0.05) is 12.1 Å². The molecule has 6 nitrogen and oxygen atoms in total. The SMILES string of the molecule is COc1ccc2c(CCNC(=O)c3ccoc3COc3cccc(C)c3)c[nH]c2c1. The van der Waals surface area contributed by atoms with Crippen LogP contribution in [-0.2, 0) is 13.0 Å². The number of methoxy groups -OCH3 is 1. The molecule has 0 aliphatic rings. The molecule has 4 rings (SSSR count). The van der Waals surface area contributed by atoms with Gasteiger partial charge in [0.1, 0.15) is 18.1 Å². The Morgan fingerprint density at radius 2 is 2.03 bits per heavy atom. The van der Waals surface area contributed by atoms with Gasteiger partial charge in [-0.15, -0.1) is 0 Å². The summed E-state index contributed by atoms with van der Waals surface area (Å²) in [6, 6.07) is 15.4. The molecule has 2 N–H and O–H groups in total. The first-order valence-corrected chi connectivity index (χ1v) is 9.82. The van der Waals surface area contributed by atoms with Gasteiger partial charge in [0.15, 0.2) is 5.76 Å². The van der Waals surface area contributed by atoms with Crippen molar-refractivity contribution in [1.82, 2.24) is 10.3 Å². The van der Waals surface area contributed by atoms with Crippen LogP contribution in [-0.4, -0.2) is 24.5 Å². The first-order valence-electron chi connectivity index (χ1n) is 9.82. The van der Waals surface area contributed by atoms with E-state index >= 15 is 0 Å². The zero-order valence-electron chi connectivity index (χ0n) is 17.0. The van der Waals surface area contributed by atoms with Crippen LogP contribution in [0.2, 0.25) is 0 Å². The number of carbonyl (C=O) groups is 1. The number of nitrogens with one attached hydrogen (secondary N) is 2. The van der Waals surface area contributed by atoms with E-state index in [1.807, 2.05) is 55.6 Å². The fourth-order valence-electron chi connectivity index (χ4n) is 3.41. The largest absolute Gasteiger partial charge is 0.497 e. The summed E-state index contributed by atoms with van der Waals surface area (Å²) in [6.07, 6.45) is 4.19. The molecule has 0 atom stereocenters. The number of aryl methyl sites for hydroxylation is 1. The van der Waals surface area contributed by atoms with Crippen LogP contribution in [0.4, 0.5) is 0 Å². The number of aromatic nitrogens is 1. The lowest BCUT2D eigenvalue weighted by Gasteiger charge is -2.08. The highest BCUT2D eigenvalue weighted by molar-refractivity contribution is 5.95. The second-order valence-corrected chi connectivity index (χ2v) is 7.09. The summed E-state index contributed by atoms with van der Waals surface area (Å²) in [4.78, 5) is 15.9. The number of amides is 1. The summed E-state index contributed by atoms with van der Waals surface area (Å²) in [7, 11) is 1.65. The first-order chi connectivity index (χ1) is 14.6. The molecule has 4 aromatic rings. The molecular formula is C24H24N2O4. The summed E-state index contributed by atoms with van der Waals surface area (Å²) >= 11 is 0. The van der Waals surface area contributed by atoms with Crippen molar-refractivity contribution in [1.29, 1.82) is 0 Å². The van der Waals surface area contributed by atoms with Crippen LogP contribution < -0.4 is 14.8 Å². The molecule has 0 aliphatic heterocycles. The molecule has 154 valence electrons. The zero-order valence-corrected chi connectivity index (χ0v) is 17.0. The number of H-pyrrole nitrogens is 1. The lowest BCUT2D eigenvalue weighted by Crippen LogP contribution is -2.26. The van der Waals surface area contributed by atoms with Gasteiger partial charge in [-0.05, 0) is 54.8 Å². The van der Waals surface area contributed by atoms with E-state index in [4.69, 9.17) is 13.9 Å². The van der Waals surface area contributed by atoms with E-state index in [1.54, 1.807) is 13.2 Å². The van der Waals surface area contributed by atoms with Crippen molar-refractivity contribution >= 4 is 16.8 Å². The number of aromatic amines is 1. The Bertz CT molecular complexity index is 1160. The third-order valence-corrected chi connectivity index (χ3v) is 5.00. The highest BCUT2D eigenvalue weighted by atomic mass is 16.5. The Morgan fingerprint density at radius 3 is 2.87 bits per heavy atom. The molecule has 1 amide bonds. The van der Waals surface area contributed by atoms with Crippen molar-refractivity contribution < 1.29 is 18.7 Å². The van der Waals surface area contributed by atoms with Crippen LogP contribution in [0.25, 0.3) is 10.9 Å². The lowest BCUT2D eigenvalue weighted by atomic mass is 10.1. The van der Waals surface area contributed by atoms with Gasteiger partial charge in [-0.3, -0.25) is 4.79 Å². The minimum atomic E-state index is -0.173. The van der Waals surface area contributed by atoms with E-state index in [0.717, 1.165) is 33.5 Å². The summed E-state index contributed by atoms with van der Waals surface area (Å²) in [6.45, 7) is 2.72. The molecule has 0 radical (unpaired) electrons. The number of hydrogen-bond donors (Lipinski definition) is 2. The second-order valence-electron chi connectivity index (χ2n) is 7.09. The minimum Gasteiger partial charge on any atom is -0.497 e. The summed E-state index contributed by atoms with van der Waals surface area (Å²) < 4.78 is 16.5. The van der Waals surface area contributed by atoms with Gasteiger partial charge in [0, 0.05) is 29.7 Å². The Kier molecular flexibility index (Phi) is 5.75. The summed E-state index contributed by atoms with van der Waals surface area (Å²) in [5, 5.41) is 4.09. The Balaban J connectivity index is 1.34. The van der Waals surface area contributed by atoms with Crippen molar-refractivity contribution in [2.75, 3.05) is 13.7 Å². The molecule has 0 saturated heterocycles. The normalized spacial score (nSPS) is 10.9. The van der Waals surface area contributed by atoms with Gasteiger partial charge < -0.3 is 24.2 Å². The molecular weight excluding hydrogens is 380 g/mol. The first kappa shape index (κ1) is 19.6. The average molecular weight is 404 g/mol. The molecule has 30 heavy (non-hydrogen) atoms. The smallest absolute Gasteiger partial charge is 0.254 e. The van der Waals surface area contributed by atoms with E-state index in [2.05, 4.69) is 10.3 Å². The van der Waals surface area contributed by atoms with Gasteiger partial charge in [-0.2, -0.15) is 0 Å². The minimum absolute atomic E-state index is 0.173. The van der Waals surface area contributed by atoms with Crippen LogP contribution in [0.15, 0.2) is 65.4 Å². The zero-order chi connectivity index (χ0) is 20.9. The fourth-order valence-corrected chi connectivity index (χ4v) is 3.41. The van der Waals surface area contributed by atoms with Crippen LogP contribution in [0.1, 0.15) is 27.2 Å². The maximum atomic E-state index is 12.6. The molecule has 2 heterocycles. The number of carbonyl (C=O) groups excluding carboxylic acids is 1. The summed E-state index contributed by atoms with van der Waals surface area (Å²) in [5.74, 6) is 1.89. The Morgan fingerprint density at radius 1 is 1.13 bits per heavy atom. The molecule has 0 aliphatic carbocycles. The van der Waals surface area contributed by atoms with E-state index in [0.29, 0.717) is 24.3 Å². The Hall–Kier alpha value is -3.67. The van der Waals surface area contributed by atoms with Gasteiger partial charge in [0.05, 0.1) is 18.9 Å². The van der Waals surface area contributed by atoms with Crippen molar-refractivity contribution in [2.24, 2.45) is 0 Å². The standard InChI is InChI=1S/C24H24N2O4/c1-16-4-3-5-19(12-16)30-15-23-21(9-11-29-23)24(27)25-10-8-17-14-26-22-13-18(28-2)6-7-20(17)22/h3-7,9,11-14,26H,8,10,15H2,1-2H3,(H,25,27). The van der Waals surface area contributed by atoms with E-state index in [9.17, 15) is 4.79 Å². The quantitative estimate of drug-likeness (QED) is 0.449. The number of benzene rings is 2. The van der Waals surface area contributed by atoms with E-state index in [-0.39, 0.29) is 12.5 Å². The van der Waals surface area contributed by atoms with E-state index in [1.165, 1.54) is 6.26 Å². The highest BCUT2D eigenvalue weighted by Crippen LogP contribution is 2.23. The van der Waals surface area contributed by atoms with Crippen molar-refractivity contribution in [2.45, 2.75) is 20.0 Å². The van der Waals surface area contributed by atoms with Crippen LogP contribution in [0.3, 0.4) is 0 Å². The van der Waals surface area contributed by atoms with Crippen LogP contribution in [0.5, 0.6) is 11.5 Å². The molecule has 6 heteroatoms. The topological polar surface area (TPSA) is 76.5 Å². The maximum absolute atomic E-state index is 12.6. The Labute approximate surface area is 174 Å². The monoisotopic (exact) mass is 404 g/mol. The van der Waals surface area contributed by atoms with Crippen LogP contribution in [0, 0.1) is 6.92 Å². The second kappa shape index (κ2) is 8.78. The number of hydrogen-bond acceptors (Lipinski definition) is 4. The molecule has 0 fully saturated rings. The van der Waals surface area contributed by atoms with Crippen molar-refractivity contribution in [3.8, 4) is 11.5 Å². The molecule has 2 aromatic carbocycles. The number of ether oxygens (including phenoxy) is 2. The number of furan rings is 1. The fraction of sp³-hybridized carbons (Fsp3) is 0.208. The van der Waals surface area contributed by atoms with Gasteiger partial charge >= 0.3 is 0 Å². The molecule has 0 spiro atoms. The van der Waals surface area contributed by atoms with Crippen molar-refractivity contribution in [3.05, 3.63) is 83.4 Å². The summed E-state index contributed by atoms with van der Waals surface area (Å²) in [5.41, 5.74) is 3.76. The van der Waals surface area contributed by atoms with Crippen molar-refractivity contribution in [3.63, 3.8) is 0 Å². The molecule has 0 unspecified atom stereocenters. The van der Waals surface area contributed by atoms with Gasteiger partial charge in [0.2, 0.25) is 0 Å². The lowest BCUT2D eigenvalue weighted by molar-refractivity contribution is 0.0949.